The Kier molecular flexibility index (Phi) is 8.21. The first-order valence-corrected chi connectivity index (χ1v) is 16.6. The number of halogens is 1. The highest BCUT2D eigenvalue weighted by Gasteiger charge is 2.33. The Hall–Kier alpha value is -5.06. The molecule has 0 saturated carbocycles. The summed E-state index contributed by atoms with van der Waals surface area (Å²) in [5, 5.41) is 21.2. The van der Waals surface area contributed by atoms with Crippen LogP contribution in [0.4, 0.5) is 5.69 Å². The SMILES string of the molecule is COc1cc(C=c2sc3n(c2=O)C(c2cccc([N+](=O)[O-])c2)C2=C(N=3)c3ccccc3CC2)cc(I)c1OCc1ccccc1C#N. The van der Waals surface area contributed by atoms with Crippen molar-refractivity contribution in [1.82, 2.24) is 4.57 Å². The van der Waals surface area contributed by atoms with Gasteiger partial charge in [-0.3, -0.25) is 19.5 Å². The Morgan fingerprint density at radius 3 is 2.72 bits per heavy atom. The van der Waals surface area contributed by atoms with Gasteiger partial charge >= 0.3 is 0 Å². The zero-order valence-corrected chi connectivity index (χ0v) is 27.9. The van der Waals surface area contributed by atoms with Crippen LogP contribution in [0.2, 0.25) is 0 Å². The van der Waals surface area contributed by atoms with Crippen LogP contribution in [-0.2, 0) is 13.0 Å². The second-order valence-electron chi connectivity index (χ2n) is 11.1. The molecular weight excluding hydrogens is 727 g/mol. The van der Waals surface area contributed by atoms with Gasteiger partial charge in [-0.25, -0.2) is 4.99 Å². The second-order valence-corrected chi connectivity index (χ2v) is 13.2. The number of thiazole rings is 1. The van der Waals surface area contributed by atoms with E-state index in [2.05, 4.69) is 34.7 Å². The largest absolute Gasteiger partial charge is 0.493 e. The van der Waals surface area contributed by atoms with Crippen molar-refractivity contribution in [1.29, 1.82) is 5.26 Å². The number of methoxy groups -OCH3 is 1. The smallest absolute Gasteiger partial charge is 0.271 e. The van der Waals surface area contributed by atoms with E-state index in [0.717, 1.165) is 38.0 Å². The average molecular weight is 753 g/mol. The number of allylic oxidation sites excluding steroid dienone is 1. The first-order valence-electron chi connectivity index (χ1n) is 14.7. The van der Waals surface area contributed by atoms with Crippen molar-refractivity contribution in [3.63, 3.8) is 0 Å². The van der Waals surface area contributed by atoms with Crippen molar-refractivity contribution in [3.05, 3.63) is 157 Å². The zero-order chi connectivity index (χ0) is 32.7. The molecule has 1 aromatic heterocycles. The predicted octanol–water partition coefficient (Wildman–Crippen LogP) is 6.29. The maximum atomic E-state index is 14.2. The summed E-state index contributed by atoms with van der Waals surface area (Å²) < 4.78 is 14.7. The van der Waals surface area contributed by atoms with E-state index < -0.39 is 11.0 Å². The Balaban J connectivity index is 1.34. The number of nitro groups is 1. The molecule has 0 N–H and O–H groups in total. The van der Waals surface area contributed by atoms with Crippen LogP contribution in [0, 0.1) is 25.0 Å². The molecule has 1 aliphatic heterocycles. The van der Waals surface area contributed by atoms with E-state index >= 15 is 0 Å². The number of non-ortho nitro benzene ring substituents is 1. The van der Waals surface area contributed by atoms with Gasteiger partial charge in [-0.15, -0.1) is 0 Å². The van der Waals surface area contributed by atoms with Gasteiger partial charge in [0.15, 0.2) is 16.3 Å². The van der Waals surface area contributed by atoms with Crippen molar-refractivity contribution >= 4 is 51.4 Å². The Labute approximate surface area is 286 Å². The molecule has 2 aliphatic rings. The molecular formula is C36H25IN4O5S. The van der Waals surface area contributed by atoms with Gasteiger partial charge in [0.1, 0.15) is 6.61 Å². The topological polar surface area (TPSA) is 120 Å². The quantitative estimate of drug-likeness (QED) is 0.110. The van der Waals surface area contributed by atoms with Gasteiger partial charge < -0.3 is 9.47 Å². The first kappa shape index (κ1) is 30.6. The minimum Gasteiger partial charge on any atom is -0.493 e. The molecule has 2 heterocycles. The van der Waals surface area contributed by atoms with E-state index in [-0.39, 0.29) is 17.9 Å². The third-order valence-corrected chi connectivity index (χ3v) is 10.1. The van der Waals surface area contributed by atoms with Crippen molar-refractivity contribution < 1.29 is 14.4 Å². The number of benzene rings is 4. The summed E-state index contributed by atoms with van der Waals surface area (Å²) in [5.74, 6) is 1.03. The number of rotatable bonds is 7. The zero-order valence-electron chi connectivity index (χ0n) is 25.0. The lowest BCUT2D eigenvalue weighted by Gasteiger charge is -2.30. The Bertz CT molecular complexity index is 2350. The fourth-order valence-corrected chi connectivity index (χ4v) is 7.93. The van der Waals surface area contributed by atoms with Gasteiger partial charge in [0.25, 0.3) is 11.2 Å². The highest BCUT2D eigenvalue weighted by Crippen LogP contribution is 2.42. The molecule has 0 amide bonds. The lowest BCUT2D eigenvalue weighted by Crippen LogP contribution is -2.38. The molecule has 0 spiro atoms. The molecule has 0 radical (unpaired) electrons. The van der Waals surface area contributed by atoms with Crippen LogP contribution in [0.25, 0.3) is 11.8 Å². The van der Waals surface area contributed by atoms with Gasteiger partial charge in [0.2, 0.25) is 0 Å². The van der Waals surface area contributed by atoms with Gasteiger partial charge in [0, 0.05) is 23.3 Å². The van der Waals surface area contributed by atoms with E-state index in [1.165, 1.54) is 23.0 Å². The van der Waals surface area contributed by atoms with Crippen molar-refractivity contribution in [2.75, 3.05) is 7.11 Å². The molecule has 9 nitrogen and oxygen atoms in total. The first-order chi connectivity index (χ1) is 22.9. The van der Waals surface area contributed by atoms with Crippen LogP contribution >= 0.6 is 33.9 Å². The molecule has 1 atom stereocenters. The van der Waals surface area contributed by atoms with Crippen LogP contribution in [0.5, 0.6) is 11.5 Å². The minimum absolute atomic E-state index is 0.0277. The van der Waals surface area contributed by atoms with Gasteiger partial charge in [-0.1, -0.05) is 65.9 Å². The number of fused-ring (bicyclic) bond motifs is 3. The summed E-state index contributed by atoms with van der Waals surface area (Å²) in [6.07, 6.45) is 3.28. The van der Waals surface area contributed by atoms with E-state index in [1.54, 1.807) is 29.9 Å². The number of hydrogen-bond acceptors (Lipinski definition) is 8. The maximum absolute atomic E-state index is 14.2. The van der Waals surface area contributed by atoms with E-state index in [1.807, 2.05) is 60.7 Å². The van der Waals surface area contributed by atoms with E-state index in [9.17, 15) is 20.2 Å². The number of nitrogens with zero attached hydrogens (tertiary/aromatic N) is 4. The van der Waals surface area contributed by atoms with Crippen LogP contribution in [-0.4, -0.2) is 16.6 Å². The van der Waals surface area contributed by atoms with E-state index in [0.29, 0.717) is 38.4 Å². The maximum Gasteiger partial charge on any atom is 0.271 e. The molecule has 0 saturated heterocycles. The van der Waals surface area contributed by atoms with Crippen LogP contribution in [0.1, 0.15) is 45.8 Å². The molecule has 4 aromatic carbocycles. The summed E-state index contributed by atoms with van der Waals surface area (Å²) in [6, 6.07) is 27.3. The second kappa shape index (κ2) is 12.6. The van der Waals surface area contributed by atoms with Crippen LogP contribution < -0.4 is 24.4 Å². The lowest BCUT2D eigenvalue weighted by molar-refractivity contribution is -0.384. The summed E-state index contributed by atoms with van der Waals surface area (Å²) in [4.78, 5) is 31.1. The van der Waals surface area contributed by atoms with Gasteiger partial charge in [0.05, 0.1) is 43.5 Å². The minimum atomic E-state index is -0.529. The van der Waals surface area contributed by atoms with Crippen molar-refractivity contribution in [3.8, 4) is 17.6 Å². The molecule has 1 unspecified atom stereocenters. The van der Waals surface area contributed by atoms with Crippen molar-refractivity contribution in [2.45, 2.75) is 25.5 Å². The Morgan fingerprint density at radius 2 is 1.91 bits per heavy atom. The normalized spacial score (nSPS) is 15.2. The van der Waals surface area contributed by atoms with Crippen LogP contribution in [0.3, 0.4) is 0 Å². The van der Waals surface area contributed by atoms with Gasteiger partial charge in [-0.2, -0.15) is 5.26 Å². The summed E-state index contributed by atoms with van der Waals surface area (Å²) in [5.41, 5.74) is 6.47. The predicted molar refractivity (Wildman–Crippen MR) is 187 cm³/mol. The number of nitro benzene ring substituents is 1. The van der Waals surface area contributed by atoms with Gasteiger partial charge in [-0.05, 0) is 82.0 Å². The number of hydrogen-bond donors (Lipinski definition) is 0. The highest BCUT2D eigenvalue weighted by atomic mass is 127. The van der Waals surface area contributed by atoms with E-state index in [4.69, 9.17) is 14.5 Å². The number of aromatic nitrogens is 1. The van der Waals surface area contributed by atoms with Crippen molar-refractivity contribution in [2.24, 2.45) is 4.99 Å². The summed E-state index contributed by atoms with van der Waals surface area (Å²) in [6.45, 7) is 0.194. The molecule has 5 aromatic rings. The molecule has 1 aliphatic carbocycles. The molecule has 7 rings (SSSR count). The third kappa shape index (κ3) is 5.64. The monoisotopic (exact) mass is 752 g/mol. The fraction of sp³-hybridized carbons (Fsp3) is 0.139. The van der Waals surface area contributed by atoms with Crippen LogP contribution in [0.15, 0.2) is 100 Å². The lowest BCUT2D eigenvalue weighted by atomic mass is 9.83. The standard InChI is InChI=1S/C36H25IN4O5S/c1-45-30-16-21(15-29(37)34(30)46-20-25-9-3-2-8-24(25)19-38)17-31-35(42)40-33(23-10-6-11-26(18-23)41(43)44)28-14-13-22-7-4-5-12-27(22)32(28)39-36(40)47-31/h2-12,15-18,33H,13-14,20H2,1H3. The molecule has 11 heteroatoms. The highest BCUT2D eigenvalue weighted by molar-refractivity contribution is 14.1. The summed E-state index contributed by atoms with van der Waals surface area (Å²) >= 11 is 3.46. The third-order valence-electron chi connectivity index (χ3n) is 8.33. The number of ether oxygens (including phenoxy) is 2. The number of nitriles is 1. The molecule has 47 heavy (non-hydrogen) atoms. The molecule has 0 fully saturated rings. The molecule has 0 bridgehead atoms. The summed E-state index contributed by atoms with van der Waals surface area (Å²) in [7, 11) is 1.56. The molecule has 232 valence electrons. The number of aryl methyl sites for hydroxylation is 1. The average Bonchev–Trinajstić information content (AvgIpc) is 3.40. The Morgan fingerprint density at radius 1 is 1.11 bits per heavy atom. The fourth-order valence-electron chi connectivity index (χ4n) is 6.15.